The number of hydrogen-bond donors (Lipinski definition) is 0. The lowest BCUT2D eigenvalue weighted by Crippen LogP contribution is -2.44. The Labute approximate surface area is 117 Å². The Morgan fingerprint density at radius 2 is 1.90 bits per heavy atom. The van der Waals surface area contributed by atoms with Crippen molar-refractivity contribution in [2.24, 2.45) is 0 Å². The lowest BCUT2D eigenvalue weighted by Gasteiger charge is -2.29. The molecule has 0 spiro atoms. The number of esters is 1. The molecule has 0 radical (unpaired) electrons. The predicted molar refractivity (Wildman–Crippen MR) is 67.5 cm³/mol. The van der Waals surface area contributed by atoms with Gasteiger partial charge in [-0.2, -0.15) is 8.78 Å². The standard InChI is InChI=1S/C13H21F2NO4/c1-12(2,3)20-11(18)16-7-5-6-9(16)8-13(14,15)10(17)19-4/h9H,5-8H2,1-4H3. The largest absolute Gasteiger partial charge is 0.465 e. The van der Waals surface area contributed by atoms with Crippen molar-refractivity contribution in [2.75, 3.05) is 13.7 Å². The van der Waals surface area contributed by atoms with Crippen LogP contribution in [0.3, 0.4) is 0 Å². The first-order chi connectivity index (χ1) is 9.07. The van der Waals surface area contributed by atoms with E-state index < -0.39 is 36.0 Å². The van der Waals surface area contributed by atoms with E-state index in [1.54, 1.807) is 20.8 Å². The van der Waals surface area contributed by atoms with E-state index in [2.05, 4.69) is 4.74 Å². The van der Waals surface area contributed by atoms with Gasteiger partial charge >= 0.3 is 18.0 Å². The summed E-state index contributed by atoms with van der Waals surface area (Å²) in [5.74, 6) is -5.17. The van der Waals surface area contributed by atoms with E-state index >= 15 is 0 Å². The molecule has 0 aromatic rings. The average Bonchev–Trinajstić information content (AvgIpc) is 2.72. The lowest BCUT2D eigenvalue weighted by atomic mass is 10.1. The highest BCUT2D eigenvalue weighted by Crippen LogP contribution is 2.31. The van der Waals surface area contributed by atoms with Crippen LogP contribution < -0.4 is 0 Å². The number of nitrogens with zero attached hydrogens (tertiary/aromatic N) is 1. The van der Waals surface area contributed by atoms with E-state index in [0.717, 1.165) is 7.11 Å². The summed E-state index contributed by atoms with van der Waals surface area (Å²) in [5.41, 5.74) is -0.685. The molecule has 0 saturated carbocycles. The molecule has 20 heavy (non-hydrogen) atoms. The van der Waals surface area contributed by atoms with E-state index in [-0.39, 0.29) is 0 Å². The number of methoxy groups -OCH3 is 1. The highest BCUT2D eigenvalue weighted by Gasteiger charge is 2.46. The minimum absolute atomic E-state index is 0.358. The van der Waals surface area contributed by atoms with Gasteiger partial charge in [-0.05, 0) is 33.6 Å². The smallest absolute Gasteiger partial charge is 0.410 e. The van der Waals surface area contributed by atoms with Gasteiger partial charge in [0, 0.05) is 19.0 Å². The van der Waals surface area contributed by atoms with Gasteiger partial charge in [0.25, 0.3) is 0 Å². The fourth-order valence-electron chi connectivity index (χ4n) is 2.14. The van der Waals surface area contributed by atoms with Crippen molar-refractivity contribution >= 4 is 12.1 Å². The summed E-state index contributed by atoms with van der Waals surface area (Å²) < 4.78 is 36.4. The number of carbonyl (C=O) groups is 2. The van der Waals surface area contributed by atoms with Crippen LogP contribution in [0.4, 0.5) is 13.6 Å². The van der Waals surface area contributed by atoms with Gasteiger partial charge in [0.05, 0.1) is 7.11 Å². The lowest BCUT2D eigenvalue weighted by molar-refractivity contribution is -0.171. The third-order valence-electron chi connectivity index (χ3n) is 2.98. The third kappa shape index (κ3) is 4.31. The van der Waals surface area contributed by atoms with Crippen LogP contribution in [0.25, 0.3) is 0 Å². The highest BCUT2D eigenvalue weighted by atomic mass is 19.3. The summed E-state index contributed by atoms with van der Waals surface area (Å²) in [6.45, 7) is 5.48. The molecule has 1 fully saturated rings. The van der Waals surface area contributed by atoms with Crippen molar-refractivity contribution in [1.29, 1.82) is 0 Å². The zero-order valence-corrected chi connectivity index (χ0v) is 12.2. The zero-order chi connectivity index (χ0) is 15.6. The Morgan fingerprint density at radius 3 is 2.40 bits per heavy atom. The normalized spacial score (nSPS) is 19.9. The summed E-state index contributed by atoms with van der Waals surface area (Å²) >= 11 is 0. The number of halogens is 2. The van der Waals surface area contributed by atoms with E-state index in [0.29, 0.717) is 19.4 Å². The van der Waals surface area contributed by atoms with E-state index in [1.807, 2.05) is 0 Å². The SMILES string of the molecule is COC(=O)C(F)(F)CC1CCCN1C(=O)OC(C)(C)C. The molecule has 1 unspecified atom stereocenters. The number of hydrogen-bond acceptors (Lipinski definition) is 4. The number of likely N-dealkylation sites (tertiary alicyclic amines) is 1. The van der Waals surface area contributed by atoms with Crippen molar-refractivity contribution in [3.63, 3.8) is 0 Å². The van der Waals surface area contributed by atoms with Crippen LogP contribution in [-0.2, 0) is 14.3 Å². The zero-order valence-electron chi connectivity index (χ0n) is 12.2. The van der Waals surface area contributed by atoms with Gasteiger partial charge in [0.2, 0.25) is 0 Å². The third-order valence-corrected chi connectivity index (χ3v) is 2.98. The minimum atomic E-state index is -3.59. The Kier molecular flexibility index (Phi) is 4.94. The van der Waals surface area contributed by atoms with Gasteiger partial charge in [-0.15, -0.1) is 0 Å². The first-order valence-electron chi connectivity index (χ1n) is 6.52. The Balaban J connectivity index is 2.70. The topological polar surface area (TPSA) is 55.8 Å². The molecule has 1 aliphatic heterocycles. The van der Waals surface area contributed by atoms with Crippen molar-refractivity contribution in [1.82, 2.24) is 4.90 Å². The quantitative estimate of drug-likeness (QED) is 0.750. The molecule has 1 saturated heterocycles. The Hall–Kier alpha value is -1.40. The second-order valence-corrected chi connectivity index (χ2v) is 5.87. The molecule has 0 aromatic carbocycles. The molecule has 1 amide bonds. The van der Waals surface area contributed by atoms with Gasteiger partial charge < -0.3 is 14.4 Å². The summed E-state index contributed by atoms with van der Waals surface area (Å²) in [7, 11) is 0.913. The van der Waals surface area contributed by atoms with Crippen LogP contribution in [0.2, 0.25) is 0 Å². The Morgan fingerprint density at radius 1 is 1.30 bits per heavy atom. The van der Waals surface area contributed by atoms with E-state index in [1.165, 1.54) is 4.90 Å². The minimum Gasteiger partial charge on any atom is -0.465 e. The average molecular weight is 293 g/mol. The molecule has 0 aromatic heterocycles. The second-order valence-electron chi connectivity index (χ2n) is 5.87. The van der Waals surface area contributed by atoms with Crippen LogP contribution in [-0.4, -0.2) is 48.2 Å². The maximum atomic E-state index is 13.6. The van der Waals surface area contributed by atoms with Crippen molar-refractivity contribution in [3.05, 3.63) is 0 Å². The van der Waals surface area contributed by atoms with Crippen LogP contribution in [0.15, 0.2) is 0 Å². The molecular formula is C13H21F2NO4. The molecule has 5 nitrogen and oxygen atoms in total. The maximum absolute atomic E-state index is 13.6. The molecule has 1 heterocycles. The first-order valence-corrected chi connectivity index (χ1v) is 6.52. The van der Waals surface area contributed by atoms with E-state index in [9.17, 15) is 18.4 Å². The summed E-state index contributed by atoms with van der Waals surface area (Å²) in [6.07, 6.45) is -0.327. The molecule has 1 atom stereocenters. The van der Waals surface area contributed by atoms with Gasteiger partial charge in [-0.1, -0.05) is 0 Å². The van der Waals surface area contributed by atoms with Crippen molar-refractivity contribution in [3.8, 4) is 0 Å². The monoisotopic (exact) mass is 293 g/mol. The first kappa shape index (κ1) is 16.7. The number of carbonyl (C=O) groups excluding carboxylic acids is 2. The van der Waals surface area contributed by atoms with Gasteiger partial charge in [0.1, 0.15) is 5.60 Å². The number of ether oxygens (including phenoxy) is 2. The predicted octanol–water partition coefficient (Wildman–Crippen LogP) is 2.58. The highest BCUT2D eigenvalue weighted by molar-refractivity contribution is 5.77. The van der Waals surface area contributed by atoms with Crippen LogP contribution in [0.1, 0.15) is 40.0 Å². The fraction of sp³-hybridized carbons (Fsp3) is 0.846. The molecule has 7 heteroatoms. The molecular weight excluding hydrogens is 272 g/mol. The fourth-order valence-corrected chi connectivity index (χ4v) is 2.14. The molecule has 0 N–H and O–H groups in total. The van der Waals surface area contributed by atoms with Gasteiger partial charge in [-0.3, -0.25) is 0 Å². The van der Waals surface area contributed by atoms with Crippen LogP contribution >= 0.6 is 0 Å². The maximum Gasteiger partial charge on any atom is 0.410 e. The summed E-state index contributed by atoms with van der Waals surface area (Å²) in [6, 6.07) is -0.709. The molecule has 0 aliphatic carbocycles. The van der Waals surface area contributed by atoms with Gasteiger partial charge in [0.15, 0.2) is 0 Å². The van der Waals surface area contributed by atoms with Crippen LogP contribution in [0, 0.1) is 0 Å². The Bertz CT molecular complexity index is 379. The van der Waals surface area contributed by atoms with Crippen molar-refractivity contribution < 1.29 is 27.8 Å². The number of alkyl halides is 2. The number of amides is 1. The van der Waals surface area contributed by atoms with Crippen molar-refractivity contribution in [2.45, 2.75) is 57.6 Å². The summed E-state index contributed by atoms with van der Waals surface area (Å²) in [5, 5.41) is 0. The molecule has 1 aliphatic rings. The molecule has 0 bridgehead atoms. The molecule has 1 rings (SSSR count). The van der Waals surface area contributed by atoms with E-state index in [4.69, 9.17) is 4.74 Å². The number of rotatable bonds is 3. The van der Waals surface area contributed by atoms with Gasteiger partial charge in [-0.25, -0.2) is 9.59 Å². The summed E-state index contributed by atoms with van der Waals surface area (Å²) in [4.78, 5) is 24.2. The van der Waals surface area contributed by atoms with Crippen LogP contribution in [0.5, 0.6) is 0 Å². The second kappa shape index (κ2) is 5.93. The molecule has 116 valence electrons.